The first-order valence-electron chi connectivity index (χ1n) is 9.31. The first-order valence-corrected chi connectivity index (χ1v) is 11.6. The summed E-state index contributed by atoms with van der Waals surface area (Å²) in [6.45, 7) is 2.94. The molecule has 2 aromatic carbocycles. The van der Waals surface area contributed by atoms with Crippen LogP contribution in [0.4, 0.5) is 11.4 Å². The van der Waals surface area contributed by atoms with Crippen molar-refractivity contribution in [3.63, 3.8) is 0 Å². The Morgan fingerprint density at radius 1 is 0.933 bits per heavy atom. The summed E-state index contributed by atoms with van der Waals surface area (Å²) < 4.78 is 39.1. The first-order chi connectivity index (χ1) is 14.4. The van der Waals surface area contributed by atoms with E-state index >= 15 is 0 Å². The summed E-state index contributed by atoms with van der Waals surface area (Å²) in [5, 5.41) is 2.80. The van der Waals surface area contributed by atoms with Crippen LogP contribution in [0.5, 0.6) is 11.5 Å². The molecule has 0 radical (unpaired) electrons. The molecule has 0 aliphatic carbocycles. The molecule has 0 unspecified atom stereocenters. The van der Waals surface area contributed by atoms with E-state index in [-0.39, 0.29) is 10.8 Å². The van der Waals surface area contributed by atoms with E-state index in [2.05, 4.69) is 10.0 Å². The normalized spacial score (nSPS) is 13.4. The number of benzene rings is 2. The number of sulfonamides is 1. The Morgan fingerprint density at radius 3 is 2.33 bits per heavy atom. The maximum Gasteiger partial charge on any atom is 0.265 e. The molecule has 1 aromatic heterocycles. The molecule has 0 spiro atoms. The van der Waals surface area contributed by atoms with Gasteiger partial charge in [-0.05, 0) is 55.5 Å². The molecule has 156 valence electrons. The molecular weight excluding hydrogens is 424 g/mol. The second-order valence-electron chi connectivity index (χ2n) is 6.71. The molecule has 1 aliphatic heterocycles. The fourth-order valence-corrected chi connectivity index (χ4v) is 4.73. The maximum atomic E-state index is 12.7. The number of hydrogen-bond acceptors (Lipinski definition) is 6. The van der Waals surface area contributed by atoms with E-state index in [1.807, 2.05) is 13.0 Å². The fraction of sp³-hybridized carbons (Fsp3) is 0.190. The Hall–Kier alpha value is -3.04. The van der Waals surface area contributed by atoms with Crippen LogP contribution in [-0.4, -0.2) is 27.5 Å². The first kappa shape index (κ1) is 20.2. The average Bonchev–Trinajstić information content (AvgIpc) is 3.02. The number of carbonyl (C=O) groups is 1. The van der Waals surface area contributed by atoms with Crippen LogP contribution in [0.25, 0.3) is 0 Å². The lowest BCUT2D eigenvalue weighted by atomic mass is 10.3. The zero-order chi connectivity index (χ0) is 21.1. The summed E-state index contributed by atoms with van der Waals surface area (Å²) in [5.41, 5.74) is 0.955. The molecule has 0 bridgehead atoms. The Labute approximate surface area is 178 Å². The van der Waals surface area contributed by atoms with E-state index in [1.165, 1.54) is 23.5 Å². The minimum absolute atomic E-state index is 0.0807. The standard InChI is InChI=1S/C21H20N2O5S2/c1-14-3-10-20(29-14)21(24)22-15-4-6-16(7-5-15)23-30(25,26)17-8-9-18-19(13-17)28-12-2-11-27-18/h3-10,13,23H,2,11-12H2,1H3,(H,22,24). The smallest absolute Gasteiger partial charge is 0.265 e. The maximum absolute atomic E-state index is 12.7. The zero-order valence-electron chi connectivity index (χ0n) is 16.2. The number of hydrogen-bond donors (Lipinski definition) is 2. The molecular formula is C21H20N2O5S2. The van der Waals surface area contributed by atoms with Gasteiger partial charge in [0.25, 0.3) is 15.9 Å². The highest BCUT2D eigenvalue weighted by Crippen LogP contribution is 2.32. The van der Waals surface area contributed by atoms with E-state index in [4.69, 9.17) is 9.47 Å². The largest absolute Gasteiger partial charge is 0.490 e. The molecule has 0 fully saturated rings. The SMILES string of the molecule is Cc1ccc(C(=O)Nc2ccc(NS(=O)(=O)c3ccc4c(c3)OCCCO4)cc2)s1. The molecule has 1 amide bonds. The summed E-state index contributed by atoms with van der Waals surface area (Å²) in [5.74, 6) is 0.748. The fourth-order valence-electron chi connectivity index (χ4n) is 2.90. The van der Waals surface area contributed by atoms with Crippen LogP contribution in [0.3, 0.4) is 0 Å². The van der Waals surface area contributed by atoms with Gasteiger partial charge >= 0.3 is 0 Å². The molecule has 3 aromatic rings. The van der Waals surface area contributed by atoms with Crippen molar-refractivity contribution in [3.05, 3.63) is 64.4 Å². The van der Waals surface area contributed by atoms with Crippen LogP contribution >= 0.6 is 11.3 Å². The number of thiophene rings is 1. The number of anilines is 2. The third-order valence-corrected chi connectivity index (χ3v) is 6.77. The van der Waals surface area contributed by atoms with Crippen LogP contribution in [0.1, 0.15) is 21.0 Å². The second-order valence-corrected chi connectivity index (χ2v) is 9.68. The van der Waals surface area contributed by atoms with Gasteiger partial charge in [0.15, 0.2) is 11.5 Å². The predicted octanol–water partition coefficient (Wildman–Crippen LogP) is 4.27. The number of nitrogens with one attached hydrogen (secondary N) is 2. The van der Waals surface area contributed by atoms with Gasteiger partial charge in [-0.25, -0.2) is 8.42 Å². The van der Waals surface area contributed by atoms with Crippen molar-refractivity contribution in [2.75, 3.05) is 23.3 Å². The van der Waals surface area contributed by atoms with Crippen molar-refractivity contribution in [1.29, 1.82) is 0 Å². The Bertz CT molecular complexity index is 1170. The molecule has 4 rings (SSSR count). The molecule has 30 heavy (non-hydrogen) atoms. The van der Waals surface area contributed by atoms with Crippen molar-refractivity contribution in [1.82, 2.24) is 0 Å². The highest BCUT2D eigenvalue weighted by Gasteiger charge is 2.19. The minimum Gasteiger partial charge on any atom is -0.490 e. The van der Waals surface area contributed by atoms with Crippen molar-refractivity contribution in [2.45, 2.75) is 18.2 Å². The summed E-state index contributed by atoms with van der Waals surface area (Å²) in [6.07, 6.45) is 0.740. The molecule has 2 heterocycles. The number of amides is 1. The monoisotopic (exact) mass is 444 g/mol. The van der Waals surface area contributed by atoms with Crippen molar-refractivity contribution < 1.29 is 22.7 Å². The molecule has 2 N–H and O–H groups in total. The van der Waals surface area contributed by atoms with Gasteiger partial charge in [-0.2, -0.15) is 0 Å². The molecule has 0 saturated heterocycles. The number of fused-ring (bicyclic) bond motifs is 1. The Morgan fingerprint density at radius 2 is 1.63 bits per heavy atom. The lowest BCUT2D eigenvalue weighted by molar-refractivity contribution is 0.103. The third-order valence-electron chi connectivity index (χ3n) is 4.39. The van der Waals surface area contributed by atoms with E-state index in [9.17, 15) is 13.2 Å². The molecule has 0 saturated carbocycles. The number of carbonyl (C=O) groups excluding carboxylic acids is 1. The Kier molecular flexibility index (Phi) is 5.65. The van der Waals surface area contributed by atoms with Gasteiger partial charge in [0.2, 0.25) is 0 Å². The van der Waals surface area contributed by atoms with Crippen LogP contribution < -0.4 is 19.5 Å². The molecule has 1 aliphatic rings. The summed E-state index contributed by atoms with van der Waals surface area (Å²) in [6, 6.07) is 14.7. The molecule has 0 atom stereocenters. The van der Waals surface area contributed by atoms with Crippen molar-refractivity contribution in [2.24, 2.45) is 0 Å². The van der Waals surface area contributed by atoms with E-state index < -0.39 is 10.0 Å². The Balaban J connectivity index is 1.46. The van der Waals surface area contributed by atoms with Gasteiger partial charge in [0, 0.05) is 28.7 Å². The quantitative estimate of drug-likeness (QED) is 0.613. The van der Waals surface area contributed by atoms with Crippen LogP contribution in [0.15, 0.2) is 59.5 Å². The third kappa shape index (κ3) is 4.58. The number of ether oxygens (including phenoxy) is 2. The number of rotatable bonds is 5. The molecule has 7 nitrogen and oxygen atoms in total. The van der Waals surface area contributed by atoms with Gasteiger partial charge in [-0.1, -0.05) is 0 Å². The summed E-state index contributed by atoms with van der Waals surface area (Å²) in [7, 11) is -3.81. The van der Waals surface area contributed by atoms with Crippen LogP contribution in [-0.2, 0) is 10.0 Å². The van der Waals surface area contributed by atoms with Crippen molar-refractivity contribution >= 4 is 38.6 Å². The van der Waals surface area contributed by atoms with Crippen LogP contribution in [0, 0.1) is 6.92 Å². The lowest BCUT2D eigenvalue weighted by Crippen LogP contribution is -2.13. The van der Waals surface area contributed by atoms with Gasteiger partial charge in [0.05, 0.1) is 23.0 Å². The highest BCUT2D eigenvalue weighted by molar-refractivity contribution is 7.92. The second kappa shape index (κ2) is 8.37. The van der Waals surface area contributed by atoms with Gasteiger partial charge in [-0.15, -0.1) is 11.3 Å². The van der Waals surface area contributed by atoms with E-state index in [1.54, 1.807) is 36.4 Å². The predicted molar refractivity (Wildman–Crippen MR) is 116 cm³/mol. The van der Waals surface area contributed by atoms with E-state index in [0.717, 1.165) is 11.3 Å². The van der Waals surface area contributed by atoms with E-state index in [0.29, 0.717) is 41.0 Å². The summed E-state index contributed by atoms with van der Waals surface area (Å²) >= 11 is 1.41. The number of aryl methyl sites for hydroxylation is 1. The average molecular weight is 445 g/mol. The lowest BCUT2D eigenvalue weighted by Gasteiger charge is -2.12. The van der Waals surface area contributed by atoms with Crippen molar-refractivity contribution in [3.8, 4) is 11.5 Å². The zero-order valence-corrected chi connectivity index (χ0v) is 17.8. The van der Waals surface area contributed by atoms with Gasteiger partial charge < -0.3 is 14.8 Å². The highest BCUT2D eigenvalue weighted by atomic mass is 32.2. The minimum atomic E-state index is -3.81. The molecule has 9 heteroatoms. The van der Waals surface area contributed by atoms with Gasteiger partial charge in [0.1, 0.15) is 0 Å². The topological polar surface area (TPSA) is 93.7 Å². The van der Waals surface area contributed by atoms with Crippen LogP contribution in [0.2, 0.25) is 0 Å². The van der Waals surface area contributed by atoms with Gasteiger partial charge in [-0.3, -0.25) is 9.52 Å². The summed E-state index contributed by atoms with van der Waals surface area (Å²) in [4.78, 5) is 14.0.